The number of benzene rings is 1. The van der Waals surface area contributed by atoms with Crippen molar-refractivity contribution in [3.63, 3.8) is 0 Å². The molecular weight excluding hydrogens is 250 g/mol. The fourth-order valence-corrected chi connectivity index (χ4v) is 3.78. The van der Waals surface area contributed by atoms with Crippen molar-refractivity contribution in [1.82, 2.24) is 5.32 Å². The zero-order valence-electron chi connectivity index (χ0n) is 10.3. The summed E-state index contributed by atoms with van der Waals surface area (Å²) in [4.78, 5) is 11.8. The number of amides is 1. The van der Waals surface area contributed by atoms with Crippen LogP contribution < -0.4 is 5.32 Å². The van der Waals surface area contributed by atoms with Gasteiger partial charge in [0.15, 0.2) is 9.84 Å². The minimum absolute atomic E-state index is 0.00721. The van der Waals surface area contributed by atoms with Crippen molar-refractivity contribution in [2.24, 2.45) is 5.92 Å². The van der Waals surface area contributed by atoms with Crippen LogP contribution in [0.3, 0.4) is 0 Å². The molecule has 5 heteroatoms. The molecule has 0 radical (unpaired) electrons. The highest BCUT2D eigenvalue weighted by molar-refractivity contribution is 7.91. The van der Waals surface area contributed by atoms with Gasteiger partial charge in [-0.05, 0) is 18.9 Å². The number of hydrogen-bond donors (Lipinski definition) is 1. The van der Waals surface area contributed by atoms with Gasteiger partial charge in [0.05, 0.1) is 17.4 Å². The first-order chi connectivity index (χ1) is 8.46. The molecule has 1 saturated heterocycles. The first kappa shape index (κ1) is 13.1. The van der Waals surface area contributed by atoms with Crippen molar-refractivity contribution in [2.45, 2.75) is 19.9 Å². The van der Waals surface area contributed by atoms with Crippen LogP contribution in [0.5, 0.6) is 0 Å². The Bertz CT molecular complexity index is 534. The van der Waals surface area contributed by atoms with E-state index in [2.05, 4.69) is 5.32 Å². The van der Waals surface area contributed by atoms with E-state index in [1.54, 1.807) is 0 Å². The van der Waals surface area contributed by atoms with Gasteiger partial charge in [-0.2, -0.15) is 0 Å². The highest BCUT2D eigenvalue weighted by atomic mass is 32.2. The molecule has 0 spiro atoms. The Balaban J connectivity index is 1.87. The van der Waals surface area contributed by atoms with Gasteiger partial charge in [0.25, 0.3) is 0 Å². The van der Waals surface area contributed by atoms with Gasteiger partial charge in [-0.15, -0.1) is 0 Å². The molecule has 98 valence electrons. The third-order valence-electron chi connectivity index (χ3n) is 3.19. The fourth-order valence-electron chi connectivity index (χ4n) is 2.04. The minimum atomic E-state index is -2.99. The second-order valence-corrected chi connectivity index (χ2v) is 7.03. The van der Waals surface area contributed by atoms with E-state index in [-0.39, 0.29) is 23.3 Å². The number of rotatable bonds is 3. The molecule has 18 heavy (non-hydrogen) atoms. The average molecular weight is 267 g/mol. The van der Waals surface area contributed by atoms with Gasteiger partial charge in [0, 0.05) is 6.54 Å². The summed E-state index contributed by atoms with van der Waals surface area (Å²) >= 11 is 0. The Labute approximate surface area is 107 Å². The predicted molar refractivity (Wildman–Crippen MR) is 69.8 cm³/mol. The zero-order chi connectivity index (χ0) is 13.2. The van der Waals surface area contributed by atoms with Crippen LogP contribution in [0.1, 0.15) is 17.5 Å². The summed E-state index contributed by atoms with van der Waals surface area (Å²) in [5.41, 5.74) is 2.20. The van der Waals surface area contributed by atoms with Gasteiger partial charge < -0.3 is 5.32 Å². The first-order valence-corrected chi connectivity index (χ1v) is 7.82. The molecule has 0 bridgehead atoms. The highest BCUT2D eigenvalue weighted by Gasteiger charge is 2.32. The van der Waals surface area contributed by atoms with Crippen molar-refractivity contribution < 1.29 is 13.2 Å². The number of hydrogen-bond acceptors (Lipinski definition) is 3. The third kappa shape index (κ3) is 3.32. The lowest BCUT2D eigenvalue weighted by Crippen LogP contribution is -2.30. The van der Waals surface area contributed by atoms with Crippen molar-refractivity contribution in [2.75, 3.05) is 11.5 Å². The molecule has 1 amide bonds. The number of aryl methyl sites for hydroxylation is 1. The smallest absolute Gasteiger partial charge is 0.224 e. The van der Waals surface area contributed by atoms with E-state index in [4.69, 9.17) is 0 Å². The van der Waals surface area contributed by atoms with Crippen molar-refractivity contribution >= 4 is 15.7 Å². The Hall–Kier alpha value is -1.36. The molecule has 1 aliphatic heterocycles. The molecule has 1 atom stereocenters. The molecule has 1 aliphatic rings. The minimum Gasteiger partial charge on any atom is -0.352 e. The lowest BCUT2D eigenvalue weighted by Gasteiger charge is -2.09. The van der Waals surface area contributed by atoms with Crippen LogP contribution in [0.2, 0.25) is 0 Å². The maximum absolute atomic E-state index is 11.8. The van der Waals surface area contributed by atoms with E-state index >= 15 is 0 Å². The molecule has 4 nitrogen and oxygen atoms in total. The molecule has 2 rings (SSSR count). The van der Waals surface area contributed by atoms with E-state index in [1.807, 2.05) is 31.2 Å². The van der Waals surface area contributed by atoms with Crippen molar-refractivity contribution in [1.29, 1.82) is 0 Å². The summed E-state index contributed by atoms with van der Waals surface area (Å²) in [7, 11) is -2.99. The topological polar surface area (TPSA) is 63.2 Å². The molecule has 1 heterocycles. The fraction of sp³-hybridized carbons (Fsp3) is 0.462. The van der Waals surface area contributed by atoms with E-state index < -0.39 is 9.84 Å². The number of carbonyl (C=O) groups is 1. The van der Waals surface area contributed by atoms with Crippen LogP contribution >= 0.6 is 0 Å². The van der Waals surface area contributed by atoms with Gasteiger partial charge >= 0.3 is 0 Å². The molecule has 0 aliphatic carbocycles. The standard InChI is InChI=1S/C13H17NO3S/c1-10-2-4-11(5-3-10)8-14-13(15)12-6-7-18(16,17)9-12/h2-5,12H,6-9H2,1H3,(H,14,15)/t12-/m1/s1. The molecule has 0 saturated carbocycles. The maximum atomic E-state index is 11.8. The molecule has 1 aromatic rings. The molecule has 1 aromatic carbocycles. The summed E-state index contributed by atoms with van der Waals surface area (Å²) in [6, 6.07) is 7.89. The van der Waals surface area contributed by atoms with Crippen LogP contribution in [0.15, 0.2) is 24.3 Å². The summed E-state index contributed by atoms with van der Waals surface area (Å²) in [5.74, 6) is -0.403. The van der Waals surface area contributed by atoms with Gasteiger partial charge in [-0.25, -0.2) is 8.42 Å². The summed E-state index contributed by atoms with van der Waals surface area (Å²) in [6.07, 6.45) is 0.446. The third-order valence-corrected chi connectivity index (χ3v) is 4.96. The molecule has 1 fully saturated rings. The second kappa shape index (κ2) is 5.10. The highest BCUT2D eigenvalue weighted by Crippen LogP contribution is 2.18. The Morgan fingerprint density at radius 1 is 1.33 bits per heavy atom. The van der Waals surface area contributed by atoms with E-state index in [1.165, 1.54) is 5.56 Å². The number of nitrogens with one attached hydrogen (secondary N) is 1. The summed E-state index contributed by atoms with van der Waals surface area (Å²) < 4.78 is 22.6. The Morgan fingerprint density at radius 2 is 2.00 bits per heavy atom. The van der Waals surface area contributed by atoms with Gasteiger partial charge in [-0.3, -0.25) is 4.79 Å². The van der Waals surface area contributed by atoms with Crippen LogP contribution in [0.25, 0.3) is 0 Å². The van der Waals surface area contributed by atoms with E-state index in [9.17, 15) is 13.2 Å². The maximum Gasteiger partial charge on any atom is 0.224 e. The quantitative estimate of drug-likeness (QED) is 0.890. The summed E-state index contributed by atoms with van der Waals surface area (Å²) in [6.45, 7) is 2.46. The second-order valence-electron chi connectivity index (χ2n) is 4.80. The normalized spacial score (nSPS) is 21.7. The van der Waals surface area contributed by atoms with Crippen LogP contribution in [-0.4, -0.2) is 25.8 Å². The SMILES string of the molecule is Cc1ccc(CNC(=O)[C@@H]2CCS(=O)(=O)C2)cc1. The lowest BCUT2D eigenvalue weighted by molar-refractivity contribution is -0.124. The molecular formula is C13H17NO3S. The lowest BCUT2D eigenvalue weighted by atomic mass is 10.1. The molecule has 0 aromatic heterocycles. The van der Waals surface area contributed by atoms with Gasteiger partial charge in [-0.1, -0.05) is 29.8 Å². The Kier molecular flexibility index (Phi) is 3.71. The average Bonchev–Trinajstić information content (AvgIpc) is 2.69. The van der Waals surface area contributed by atoms with Crippen LogP contribution in [-0.2, 0) is 21.2 Å². The van der Waals surface area contributed by atoms with Crippen molar-refractivity contribution in [3.05, 3.63) is 35.4 Å². The van der Waals surface area contributed by atoms with Gasteiger partial charge in [0.1, 0.15) is 0 Å². The zero-order valence-corrected chi connectivity index (χ0v) is 11.2. The van der Waals surface area contributed by atoms with E-state index in [0.717, 1.165) is 5.56 Å². The van der Waals surface area contributed by atoms with Gasteiger partial charge in [0.2, 0.25) is 5.91 Å². The molecule has 0 unspecified atom stereocenters. The van der Waals surface area contributed by atoms with Crippen LogP contribution in [0, 0.1) is 12.8 Å². The van der Waals surface area contributed by atoms with Crippen molar-refractivity contribution in [3.8, 4) is 0 Å². The Morgan fingerprint density at radius 3 is 2.56 bits per heavy atom. The number of carbonyl (C=O) groups excluding carboxylic acids is 1. The van der Waals surface area contributed by atoms with E-state index in [0.29, 0.717) is 13.0 Å². The monoisotopic (exact) mass is 267 g/mol. The number of sulfone groups is 1. The first-order valence-electron chi connectivity index (χ1n) is 6.00. The predicted octanol–water partition coefficient (Wildman–Crippen LogP) is 1.05. The summed E-state index contributed by atoms with van der Waals surface area (Å²) in [5, 5.41) is 2.79. The molecule has 1 N–H and O–H groups in total. The van der Waals surface area contributed by atoms with Crippen LogP contribution in [0.4, 0.5) is 0 Å². The largest absolute Gasteiger partial charge is 0.352 e.